The van der Waals surface area contributed by atoms with E-state index < -0.39 is 17.7 Å². The van der Waals surface area contributed by atoms with Crippen molar-refractivity contribution in [3.8, 4) is 11.5 Å². The van der Waals surface area contributed by atoms with E-state index in [-0.39, 0.29) is 17.9 Å². The van der Waals surface area contributed by atoms with Gasteiger partial charge in [0.25, 0.3) is 11.7 Å². The number of amides is 1. The van der Waals surface area contributed by atoms with Crippen LogP contribution >= 0.6 is 0 Å². The molecule has 1 fully saturated rings. The lowest BCUT2D eigenvalue weighted by molar-refractivity contribution is -0.140. The Morgan fingerprint density at radius 3 is 2.34 bits per heavy atom. The molecule has 1 N–H and O–H groups in total. The molecule has 1 unspecified atom stereocenters. The predicted octanol–water partition coefficient (Wildman–Crippen LogP) is 5.41. The zero-order valence-corrected chi connectivity index (χ0v) is 20.2. The number of carbonyl (C=O) groups is 2. The summed E-state index contributed by atoms with van der Waals surface area (Å²) in [5.41, 5.74) is 2.99. The largest absolute Gasteiger partial charge is 0.507 e. The standard InChI is InChI=1S/C29H29NO5/c1-4-16-35-24-15-12-22(17-19(24)2)27(31)25-26(21-8-6-5-7-9-21)30(29(33)28(25)32)18-20-10-13-23(34-3)14-11-20/h5-15,17,26,31H,4,16,18H2,1-3H3/b27-25-. The molecule has 6 nitrogen and oxygen atoms in total. The molecule has 1 heterocycles. The van der Waals surface area contributed by atoms with Crippen LogP contribution in [0.2, 0.25) is 0 Å². The number of aliphatic hydroxyl groups is 1. The van der Waals surface area contributed by atoms with Crippen LogP contribution in [-0.2, 0) is 16.1 Å². The first-order valence-electron chi connectivity index (χ1n) is 11.6. The Labute approximate surface area is 205 Å². The maximum Gasteiger partial charge on any atom is 0.295 e. The van der Waals surface area contributed by atoms with Gasteiger partial charge in [0.1, 0.15) is 17.3 Å². The highest BCUT2D eigenvalue weighted by molar-refractivity contribution is 6.46. The van der Waals surface area contributed by atoms with E-state index in [0.29, 0.717) is 17.9 Å². The van der Waals surface area contributed by atoms with Crippen LogP contribution in [0.3, 0.4) is 0 Å². The molecule has 0 aliphatic carbocycles. The second kappa shape index (κ2) is 10.5. The summed E-state index contributed by atoms with van der Waals surface area (Å²) in [5.74, 6) is -0.107. The maximum atomic E-state index is 13.2. The van der Waals surface area contributed by atoms with E-state index in [0.717, 1.165) is 28.9 Å². The summed E-state index contributed by atoms with van der Waals surface area (Å²) in [6, 6.07) is 21.2. The molecule has 180 valence electrons. The maximum absolute atomic E-state index is 13.2. The van der Waals surface area contributed by atoms with Crippen molar-refractivity contribution in [3.63, 3.8) is 0 Å². The third-order valence-corrected chi connectivity index (χ3v) is 6.08. The van der Waals surface area contributed by atoms with Crippen LogP contribution in [0.5, 0.6) is 11.5 Å². The number of ketones is 1. The molecule has 0 aromatic heterocycles. The van der Waals surface area contributed by atoms with E-state index in [9.17, 15) is 14.7 Å². The molecule has 3 aromatic rings. The second-order valence-corrected chi connectivity index (χ2v) is 8.51. The summed E-state index contributed by atoms with van der Waals surface area (Å²) in [5, 5.41) is 11.3. The van der Waals surface area contributed by atoms with E-state index in [2.05, 4.69) is 0 Å². The number of aryl methyl sites for hydroxylation is 1. The van der Waals surface area contributed by atoms with Crippen LogP contribution < -0.4 is 9.47 Å². The van der Waals surface area contributed by atoms with Gasteiger partial charge in [-0.15, -0.1) is 0 Å². The minimum atomic E-state index is -0.713. The van der Waals surface area contributed by atoms with Crippen molar-refractivity contribution < 1.29 is 24.2 Å². The quantitative estimate of drug-likeness (QED) is 0.270. The summed E-state index contributed by atoms with van der Waals surface area (Å²) < 4.78 is 11.0. The van der Waals surface area contributed by atoms with Gasteiger partial charge in [-0.05, 0) is 60.4 Å². The Hall–Kier alpha value is -4.06. The average Bonchev–Trinajstić information content (AvgIpc) is 3.13. The van der Waals surface area contributed by atoms with Gasteiger partial charge in [-0.25, -0.2) is 0 Å². The third-order valence-electron chi connectivity index (χ3n) is 6.08. The second-order valence-electron chi connectivity index (χ2n) is 8.51. The lowest BCUT2D eigenvalue weighted by Gasteiger charge is -2.25. The molecular weight excluding hydrogens is 442 g/mol. The summed E-state index contributed by atoms with van der Waals surface area (Å²) in [6.45, 7) is 4.73. The van der Waals surface area contributed by atoms with E-state index in [1.165, 1.54) is 4.90 Å². The molecule has 1 saturated heterocycles. The molecule has 4 rings (SSSR count). The fraction of sp³-hybridized carbons (Fsp3) is 0.241. The van der Waals surface area contributed by atoms with E-state index in [1.807, 2.05) is 68.4 Å². The van der Waals surface area contributed by atoms with Crippen molar-refractivity contribution in [1.29, 1.82) is 0 Å². The number of nitrogens with zero attached hydrogens (tertiary/aromatic N) is 1. The highest BCUT2D eigenvalue weighted by Gasteiger charge is 2.46. The SMILES string of the molecule is CCCOc1ccc(/C(O)=C2/C(=O)C(=O)N(Cc3ccc(OC)cc3)C2c2ccccc2)cc1C. The molecule has 0 saturated carbocycles. The van der Waals surface area contributed by atoms with Crippen LogP contribution in [0.25, 0.3) is 5.76 Å². The zero-order chi connectivity index (χ0) is 24.9. The van der Waals surface area contributed by atoms with Gasteiger partial charge >= 0.3 is 0 Å². The molecule has 0 radical (unpaired) electrons. The number of rotatable bonds is 8. The van der Waals surface area contributed by atoms with Gasteiger partial charge in [0.15, 0.2) is 0 Å². The van der Waals surface area contributed by atoms with Crippen LogP contribution in [0.15, 0.2) is 78.4 Å². The van der Waals surface area contributed by atoms with Crippen molar-refractivity contribution in [2.45, 2.75) is 32.9 Å². The number of likely N-dealkylation sites (tertiary alicyclic amines) is 1. The number of benzene rings is 3. The third kappa shape index (κ3) is 4.92. The number of aliphatic hydroxyl groups excluding tert-OH is 1. The van der Waals surface area contributed by atoms with Gasteiger partial charge in [-0.2, -0.15) is 0 Å². The zero-order valence-electron chi connectivity index (χ0n) is 20.2. The fourth-order valence-electron chi connectivity index (χ4n) is 4.28. The molecule has 3 aromatic carbocycles. The van der Waals surface area contributed by atoms with Gasteiger partial charge in [-0.1, -0.05) is 49.4 Å². The molecule has 1 amide bonds. The lowest BCUT2D eigenvalue weighted by atomic mass is 9.94. The smallest absolute Gasteiger partial charge is 0.295 e. The molecule has 1 atom stereocenters. The van der Waals surface area contributed by atoms with Crippen LogP contribution in [0.1, 0.15) is 41.6 Å². The minimum Gasteiger partial charge on any atom is -0.507 e. The summed E-state index contributed by atoms with van der Waals surface area (Å²) >= 11 is 0. The molecular formula is C29H29NO5. The first kappa shape index (κ1) is 24.1. The first-order valence-corrected chi connectivity index (χ1v) is 11.6. The summed E-state index contributed by atoms with van der Waals surface area (Å²) in [7, 11) is 1.59. The van der Waals surface area contributed by atoms with E-state index in [1.54, 1.807) is 25.3 Å². The molecule has 1 aliphatic heterocycles. The van der Waals surface area contributed by atoms with Crippen molar-refractivity contribution in [1.82, 2.24) is 4.90 Å². The van der Waals surface area contributed by atoms with E-state index >= 15 is 0 Å². The van der Waals surface area contributed by atoms with Crippen molar-refractivity contribution >= 4 is 17.4 Å². The van der Waals surface area contributed by atoms with Crippen molar-refractivity contribution in [3.05, 3.63) is 101 Å². The fourth-order valence-corrected chi connectivity index (χ4v) is 4.28. The Morgan fingerprint density at radius 1 is 1.00 bits per heavy atom. The number of hydrogen-bond donors (Lipinski definition) is 1. The van der Waals surface area contributed by atoms with Crippen LogP contribution in [-0.4, -0.2) is 35.4 Å². The van der Waals surface area contributed by atoms with Crippen molar-refractivity contribution in [2.24, 2.45) is 0 Å². The van der Waals surface area contributed by atoms with Gasteiger partial charge in [-0.3, -0.25) is 9.59 Å². The molecule has 1 aliphatic rings. The summed E-state index contributed by atoms with van der Waals surface area (Å²) in [6.07, 6.45) is 0.885. The van der Waals surface area contributed by atoms with Gasteiger partial charge in [0, 0.05) is 12.1 Å². The van der Waals surface area contributed by atoms with Gasteiger partial charge in [0.2, 0.25) is 0 Å². The van der Waals surface area contributed by atoms with Crippen LogP contribution in [0, 0.1) is 6.92 Å². The summed E-state index contributed by atoms with van der Waals surface area (Å²) in [4.78, 5) is 27.9. The highest BCUT2D eigenvalue weighted by atomic mass is 16.5. The number of ether oxygens (including phenoxy) is 2. The average molecular weight is 472 g/mol. The normalized spacial score (nSPS) is 17.0. The monoisotopic (exact) mass is 471 g/mol. The Bertz CT molecular complexity index is 1250. The predicted molar refractivity (Wildman–Crippen MR) is 134 cm³/mol. The molecule has 35 heavy (non-hydrogen) atoms. The Kier molecular flexibility index (Phi) is 7.20. The van der Waals surface area contributed by atoms with Gasteiger partial charge in [0.05, 0.1) is 25.3 Å². The molecule has 0 spiro atoms. The molecule has 6 heteroatoms. The van der Waals surface area contributed by atoms with Crippen molar-refractivity contribution in [2.75, 3.05) is 13.7 Å². The van der Waals surface area contributed by atoms with Crippen LogP contribution in [0.4, 0.5) is 0 Å². The van der Waals surface area contributed by atoms with E-state index in [4.69, 9.17) is 9.47 Å². The number of methoxy groups -OCH3 is 1. The molecule has 0 bridgehead atoms. The number of hydrogen-bond acceptors (Lipinski definition) is 5. The Morgan fingerprint density at radius 2 is 1.71 bits per heavy atom. The Balaban J connectivity index is 1.77. The minimum absolute atomic E-state index is 0.0799. The lowest BCUT2D eigenvalue weighted by Crippen LogP contribution is -2.29. The number of carbonyl (C=O) groups excluding carboxylic acids is 2. The highest BCUT2D eigenvalue weighted by Crippen LogP contribution is 2.40. The number of Topliss-reactive ketones (excluding diaryl/α,β-unsaturated/α-hetero) is 1. The first-order chi connectivity index (χ1) is 16.9. The van der Waals surface area contributed by atoms with Gasteiger partial charge < -0.3 is 19.5 Å². The topological polar surface area (TPSA) is 76.1 Å².